The smallest absolute Gasteiger partial charge is 0.293 e. The fourth-order valence-electron chi connectivity index (χ4n) is 3.14. The van der Waals surface area contributed by atoms with E-state index < -0.39 is 0 Å². The van der Waals surface area contributed by atoms with Crippen molar-refractivity contribution >= 4 is 56.5 Å². The van der Waals surface area contributed by atoms with Gasteiger partial charge in [0, 0.05) is 5.69 Å². The van der Waals surface area contributed by atoms with E-state index >= 15 is 0 Å². The third-order valence-electron chi connectivity index (χ3n) is 4.73. The molecule has 0 bridgehead atoms. The van der Waals surface area contributed by atoms with Gasteiger partial charge >= 0.3 is 0 Å². The standard InChI is InChI=1S/C25H19BrN2O4S/c26-20-13-18(11-12-21(20)32-16-23(29)27-19-9-5-2-6-10-19)14-22-24(30)28(25(31)33-22)15-17-7-3-1-4-8-17/h1-14H,15-16H2,(H,27,29)/b22-14-. The Morgan fingerprint density at radius 3 is 2.39 bits per heavy atom. The number of thioether (sulfide) groups is 1. The van der Waals surface area contributed by atoms with Crippen molar-refractivity contribution in [2.75, 3.05) is 11.9 Å². The van der Waals surface area contributed by atoms with Gasteiger partial charge in [0.15, 0.2) is 6.61 Å². The Hall–Kier alpha value is -3.36. The highest BCUT2D eigenvalue weighted by Gasteiger charge is 2.34. The summed E-state index contributed by atoms with van der Waals surface area (Å²) in [7, 11) is 0. The first-order valence-corrected chi connectivity index (χ1v) is 11.7. The van der Waals surface area contributed by atoms with Crippen LogP contribution in [0.25, 0.3) is 6.08 Å². The summed E-state index contributed by atoms with van der Waals surface area (Å²) in [5.41, 5.74) is 2.32. The highest BCUT2D eigenvalue weighted by molar-refractivity contribution is 9.10. The molecule has 0 saturated carbocycles. The average molecular weight is 523 g/mol. The summed E-state index contributed by atoms with van der Waals surface area (Å²) in [4.78, 5) is 38.8. The average Bonchev–Trinajstić information content (AvgIpc) is 3.07. The highest BCUT2D eigenvalue weighted by Crippen LogP contribution is 2.34. The Morgan fingerprint density at radius 2 is 1.70 bits per heavy atom. The molecule has 8 heteroatoms. The van der Waals surface area contributed by atoms with E-state index in [0.29, 0.717) is 20.8 Å². The molecule has 6 nitrogen and oxygen atoms in total. The minimum atomic E-state index is -0.317. The molecular weight excluding hydrogens is 504 g/mol. The van der Waals surface area contributed by atoms with E-state index in [-0.39, 0.29) is 30.2 Å². The Morgan fingerprint density at radius 1 is 1.00 bits per heavy atom. The fraction of sp³-hybridized carbons (Fsp3) is 0.0800. The van der Waals surface area contributed by atoms with Crippen molar-refractivity contribution in [1.82, 2.24) is 4.90 Å². The zero-order valence-corrected chi connectivity index (χ0v) is 19.8. The molecule has 0 aromatic heterocycles. The Bertz CT molecular complexity index is 1220. The molecule has 0 atom stereocenters. The monoisotopic (exact) mass is 522 g/mol. The predicted molar refractivity (Wildman–Crippen MR) is 133 cm³/mol. The SMILES string of the molecule is O=C(COc1ccc(/C=C2\SC(=O)N(Cc3ccccc3)C2=O)cc1Br)Nc1ccccc1. The molecular formula is C25H19BrN2O4S. The number of nitrogens with one attached hydrogen (secondary N) is 1. The van der Waals surface area contributed by atoms with Crippen molar-refractivity contribution < 1.29 is 19.1 Å². The number of halogens is 1. The first-order chi connectivity index (χ1) is 16.0. The van der Waals surface area contributed by atoms with Crippen LogP contribution >= 0.6 is 27.7 Å². The Balaban J connectivity index is 1.39. The van der Waals surface area contributed by atoms with Crippen LogP contribution in [0.1, 0.15) is 11.1 Å². The van der Waals surface area contributed by atoms with Crippen LogP contribution in [-0.4, -0.2) is 28.6 Å². The molecule has 4 rings (SSSR count). The predicted octanol–water partition coefficient (Wildman–Crippen LogP) is 5.70. The summed E-state index contributed by atoms with van der Waals surface area (Å²) in [5.74, 6) is -0.0975. The maximum absolute atomic E-state index is 12.7. The Labute approximate surface area is 203 Å². The summed E-state index contributed by atoms with van der Waals surface area (Å²) < 4.78 is 6.24. The second-order valence-electron chi connectivity index (χ2n) is 7.15. The molecule has 0 radical (unpaired) electrons. The molecule has 1 aliphatic heterocycles. The third-order valence-corrected chi connectivity index (χ3v) is 6.25. The second-order valence-corrected chi connectivity index (χ2v) is 8.99. The highest BCUT2D eigenvalue weighted by atomic mass is 79.9. The molecule has 1 saturated heterocycles. The summed E-state index contributed by atoms with van der Waals surface area (Å²) >= 11 is 4.36. The van der Waals surface area contributed by atoms with Crippen LogP contribution in [0.4, 0.5) is 10.5 Å². The van der Waals surface area contributed by atoms with Crippen molar-refractivity contribution in [3.63, 3.8) is 0 Å². The maximum Gasteiger partial charge on any atom is 0.293 e. The van der Waals surface area contributed by atoms with Crippen LogP contribution in [0.5, 0.6) is 5.75 Å². The van der Waals surface area contributed by atoms with Crippen molar-refractivity contribution in [1.29, 1.82) is 0 Å². The van der Waals surface area contributed by atoms with Crippen LogP contribution in [-0.2, 0) is 16.1 Å². The normalized spacial score (nSPS) is 14.6. The first-order valence-electron chi connectivity index (χ1n) is 10.1. The van der Waals surface area contributed by atoms with E-state index in [1.54, 1.807) is 36.4 Å². The van der Waals surface area contributed by atoms with Crippen molar-refractivity contribution in [2.45, 2.75) is 6.54 Å². The molecule has 3 aromatic rings. The largest absolute Gasteiger partial charge is 0.483 e. The number of anilines is 1. The number of rotatable bonds is 7. The van der Waals surface area contributed by atoms with Crippen LogP contribution in [0.3, 0.4) is 0 Å². The lowest BCUT2D eigenvalue weighted by Gasteiger charge is -2.12. The van der Waals surface area contributed by atoms with E-state index in [4.69, 9.17) is 4.74 Å². The molecule has 1 fully saturated rings. The number of para-hydroxylation sites is 1. The molecule has 0 aliphatic carbocycles. The molecule has 0 spiro atoms. The lowest BCUT2D eigenvalue weighted by Crippen LogP contribution is -2.27. The molecule has 166 valence electrons. The van der Waals surface area contributed by atoms with Gasteiger partial charge in [-0.3, -0.25) is 19.3 Å². The molecule has 33 heavy (non-hydrogen) atoms. The van der Waals surface area contributed by atoms with Gasteiger partial charge in [0.25, 0.3) is 17.1 Å². The fourth-order valence-corrected chi connectivity index (χ4v) is 4.49. The number of hydrogen-bond donors (Lipinski definition) is 1. The number of carbonyl (C=O) groups excluding carboxylic acids is 3. The summed E-state index contributed by atoms with van der Waals surface area (Å²) in [6.07, 6.45) is 1.67. The zero-order valence-electron chi connectivity index (χ0n) is 17.4. The van der Waals surface area contributed by atoms with Crippen LogP contribution in [0.15, 0.2) is 88.2 Å². The van der Waals surface area contributed by atoms with Crippen molar-refractivity contribution in [2.24, 2.45) is 0 Å². The van der Waals surface area contributed by atoms with E-state index in [1.165, 1.54) is 4.90 Å². The van der Waals surface area contributed by atoms with Gasteiger partial charge in [0.05, 0.1) is 15.9 Å². The minimum Gasteiger partial charge on any atom is -0.483 e. The van der Waals surface area contributed by atoms with Crippen molar-refractivity contribution in [3.8, 4) is 5.75 Å². The van der Waals surface area contributed by atoms with Gasteiger partial charge in [-0.15, -0.1) is 0 Å². The van der Waals surface area contributed by atoms with Gasteiger partial charge < -0.3 is 10.1 Å². The third kappa shape index (κ3) is 5.91. The molecule has 3 amide bonds. The van der Waals surface area contributed by atoms with Crippen LogP contribution in [0.2, 0.25) is 0 Å². The molecule has 3 aromatic carbocycles. The number of imide groups is 1. The van der Waals surface area contributed by atoms with E-state index in [0.717, 1.165) is 22.9 Å². The van der Waals surface area contributed by atoms with E-state index in [1.807, 2.05) is 48.5 Å². The molecule has 0 unspecified atom stereocenters. The molecule has 1 heterocycles. The lowest BCUT2D eigenvalue weighted by atomic mass is 10.2. The quantitative estimate of drug-likeness (QED) is 0.402. The van der Waals surface area contributed by atoms with Crippen LogP contribution in [0, 0.1) is 0 Å². The minimum absolute atomic E-state index is 0.148. The van der Waals surface area contributed by atoms with Gasteiger partial charge in [-0.1, -0.05) is 54.6 Å². The first kappa shape index (κ1) is 22.8. The number of carbonyl (C=O) groups is 3. The summed E-state index contributed by atoms with van der Waals surface area (Å²) in [6.45, 7) is 0.0928. The lowest BCUT2D eigenvalue weighted by molar-refractivity contribution is -0.123. The second kappa shape index (κ2) is 10.5. The number of hydrogen-bond acceptors (Lipinski definition) is 5. The summed E-state index contributed by atoms with van der Waals surface area (Å²) in [6, 6.07) is 23.8. The van der Waals surface area contributed by atoms with Gasteiger partial charge in [0.1, 0.15) is 5.75 Å². The topological polar surface area (TPSA) is 75.7 Å². The number of ether oxygens (including phenoxy) is 1. The van der Waals surface area contributed by atoms with E-state index in [9.17, 15) is 14.4 Å². The van der Waals surface area contributed by atoms with Crippen LogP contribution < -0.4 is 10.1 Å². The van der Waals surface area contributed by atoms with E-state index in [2.05, 4.69) is 21.2 Å². The number of amides is 3. The molecule has 1 N–H and O–H groups in total. The zero-order chi connectivity index (χ0) is 23.2. The number of nitrogens with zero attached hydrogens (tertiary/aromatic N) is 1. The van der Waals surface area contributed by atoms with Gasteiger partial charge in [-0.25, -0.2) is 0 Å². The van der Waals surface area contributed by atoms with Gasteiger partial charge in [0.2, 0.25) is 0 Å². The molecule has 1 aliphatic rings. The van der Waals surface area contributed by atoms with Gasteiger partial charge in [-0.05, 0) is 69.2 Å². The van der Waals surface area contributed by atoms with Gasteiger partial charge in [-0.2, -0.15) is 0 Å². The number of benzene rings is 3. The summed E-state index contributed by atoms with van der Waals surface area (Å²) in [5, 5.41) is 2.46. The van der Waals surface area contributed by atoms with Crippen molar-refractivity contribution in [3.05, 3.63) is 99.4 Å². The maximum atomic E-state index is 12.7. The Kier molecular flexibility index (Phi) is 7.26.